The van der Waals surface area contributed by atoms with Crippen molar-refractivity contribution in [2.45, 2.75) is 83.2 Å². The molecule has 1 saturated heterocycles. The molecule has 0 spiro atoms. The van der Waals surface area contributed by atoms with Crippen molar-refractivity contribution in [2.75, 3.05) is 20.2 Å². The highest BCUT2D eigenvalue weighted by atomic mass is 16.7. The van der Waals surface area contributed by atoms with E-state index in [9.17, 15) is 34.8 Å². The van der Waals surface area contributed by atoms with E-state index in [0.29, 0.717) is 13.1 Å². The van der Waals surface area contributed by atoms with Crippen LogP contribution in [0.15, 0.2) is 18.2 Å². The first-order valence-corrected chi connectivity index (χ1v) is 14.2. The molecule has 3 aliphatic rings. The molecule has 0 radical (unpaired) electrons. The molecule has 0 amide bonds. The van der Waals surface area contributed by atoms with Crippen LogP contribution in [0.4, 0.5) is 0 Å². The van der Waals surface area contributed by atoms with Crippen LogP contribution >= 0.6 is 0 Å². The maximum atomic E-state index is 13.8. The minimum atomic E-state index is -1.99. The third-order valence-electron chi connectivity index (χ3n) is 9.00. The number of ketones is 3. The van der Waals surface area contributed by atoms with Gasteiger partial charge in [0.15, 0.2) is 17.9 Å². The fourth-order valence-corrected chi connectivity index (χ4v) is 6.66. The summed E-state index contributed by atoms with van der Waals surface area (Å²) in [4.78, 5) is 42.1. The Balaban J connectivity index is 1.64. The van der Waals surface area contributed by atoms with E-state index in [1.807, 2.05) is 13.8 Å². The number of phenols is 2. The molecule has 42 heavy (non-hydrogen) atoms. The second-order valence-electron chi connectivity index (χ2n) is 11.3. The Hall–Kier alpha value is -3.35. The molecule has 11 heteroatoms. The third-order valence-corrected chi connectivity index (χ3v) is 9.00. The van der Waals surface area contributed by atoms with Crippen LogP contribution in [0, 0.1) is 0 Å². The van der Waals surface area contributed by atoms with E-state index in [1.165, 1.54) is 32.2 Å². The van der Waals surface area contributed by atoms with E-state index < -0.39 is 76.6 Å². The SMILES string of the molecule is CCN(CC)C1CC(OC2CC(O)(C(C)=O)Cc3c(O)c4c(c(O)c32)C(=O)c2c(OC)cccc2C4=O)OC(C)C1O. The molecule has 1 fully saturated rings. The van der Waals surface area contributed by atoms with E-state index in [-0.39, 0.29) is 46.9 Å². The van der Waals surface area contributed by atoms with E-state index >= 15 is 0 Å². The minimum absolute atomic E-state index is 0.00145. The summed E-state index contributed by atoms with van der Waals surface area (Å²) in [5.74, 6) is -3.06. The molecule has 0 saturated carbocycles. The van der Waals surface area contributed by atoms with Crippen LogP contribution in [0.3, 0.4) is 0 Å². The Morgan fingerprint density at radius 3 is 2.38 bits per heavy atom. The summed E-state index contributed by atoms with van der Waals surface area (Å²) in [6.45, 7) is 8.23. The first kappa shape index (κ1) is 30.1. The summed E-state index contributed by atoms with van der Waals surface area (Å²) in [7, 11) is 1.35. The van der Waals surface area contributed by atoms with Crippen molar-refractivity contribution in [3.63, 3.8) is 0 Å². The van der Waals surface area contributed by atoms with Gasteiger partial charge < -0.3 is 34.6 Å². The van der Waals surface area contributed by atoms with Gasteiger partial charge in [0.25, 0.3) is 0 Å². The first-order valence-electron chi connectivity index (χ1n) is 14.2. The predicted molar refractivity (Wildman–Crippen MR) is 149 cm³/mol. The van der Waals surface area contributed by atoms with Gasteiger partial charge >= 0.3 is 0 Å². The molecule has 11 nitrogen and oxygen atoms in total. The van der Waals surface area contributed by atoms with Crippen molar-refractivity contribution in [1.29, 1.82) is 0 Å². The second kappa shape index (κ2) is 11.1. The van der Waals surface area contributed by atoms with Crippen LogP contribution in [0.5, 0.6) is 17.2 Å². The number of aliphatic hydroxyl groups is 2. The van der Waals surface area contributed by atoms with E-state index in [4.69, 9.17) is 14.2 Å². The lowest BCUT2D eigenvalue weighted by atomic mass is 9.72. The summed E-state index contributed by atoms with van der Waals surface area (Å²) in [6, 6.07) is 4.18. The number of hydrogen-bond acceptors (Lipinski definition) is 11. The Kier molecular flexibility index (Phi) is 7.92. The fraction of sp³-hybridized carbons (Fsp3) is 0.516. The van der Waals surface area contributed by atoms with Crippen molar-refractivity contribution >= 4 is 17.3 Å². The van der Waals surface area contributed by atoms with E-state index in [1.54, 1.807) is 6.92 Å². The maximum absolute atomic E-state index is 13.8. The zero-order valence-electron chi connectivity index (χ0n) is 24.3. The molecule has 5 rings (SSSR count). The Morgan fingerprint density at radius 2 is 1.76 bits per heavy atom. The lowest BCUT2D eigenvalue weighted by Gasteiger charge is -2.45. The molecule has 4 N–H and O–H groups in total. The highest BCUT2D eigenvalue weighted by Gasteiger charge is 2.49. The summed E-state index contributed by atoms with van der Waals surface area (Å²) >= 11 is 0. The van der Waals surface area contributed by atoms with E-state index in [0.717, 1.165) is 0 Å². The average Bonchev–Trinajstić information content (AvgIpc) is 2.95. The third kappa shape index (κ3) is 4.60. The molecular formula is C31H37NO10. The molecule has 1 heterocycles. The number of benzene rings is 2. The van der Waals surface area contributed by atoms with Crippen molar-refractivity contribution in [3.05, 3.63) is 51.6 Å². The maximum Gasteiger partial charge on any atom is 0.202 e. The topological polar surface area (TPSA) is 163 Å². The summed E-state index contributed by atoms with van der Waals surface area (Å²) in [5, 5.41) is 45.3. The monoisotopic (exact) mass is 583 g/mol. The van der Waals surface area contributed by atoms with Crippen molar-refractivity contribution < 1.29 is 49.0 Å². The van der Waals surface area contributed by atoms with Gasteiger partial charge in [-0.1, -0.05) is 26.0 Å². The number of aromatic hydroxyl groups is 2. The summed E-state index contributed by atoms with van der Waals surface area (Å²) in [6.07, 6.45) is -3.98. The molecule has 0 aromatic heterocycles. The number of likely N-dealkylation sites (N-methyl/N-ethyl adjacent to an activating group) is 1. The number of phenolic OH excluding ortho intramolecular Hbond substituents is 2. The van der Waals surface area contributed by atoms with Gasteiger partial charge in [0.1, 0.15) is 22.8 Å². The number of carbonyl (C=O) groups is 3. The predicted octanol–water partition coefficient (Wildman–Crippen LogP) is 2.41. The normalized spacial score (nSPS) is 28.7. The zero-order valence-corrected chi connectivity index (χ0v) is 24.3. The first-order chi connectivity index (χ1) is 19.9. The van der Waals surface area contributed by atoms with Gasteiger partial charge in [-0.05, 0) is 33.0 Å². The minimum Gasteiger partial charge on any atom is -0.507 e. The van der Waals surface area contributed by atoms with Gasteiger partial charge in [0.2, 0.25) is 5.78 Å². The van der Waals surface area contributed by atoms with Crippen molar-refractivity contribution in [3.8, 4) is 17.2 Å². The van der Waals surface area contributed by atoms with Crippen LogP contribution in [-0.2, 0) is 20.7 Å². The zero-order chi connectivity index (χ0) is 30.7. The summed E-state index contributed by atoms with van der Waals surface area (Å²) in [5.41, 5.74) is -2.90. The van der Waals surface area contributed by atoms with Gasteiger partial charge in [0.05, 0.1) is 42.1 Å². The largest absolute Gasteiger partial charge is 0.507 e. The number of carbonyl (C=O) groups excluding carboxylic acids is 3. The number of fused-ring (bicyclic) bond motifs is 3. The molecule has 2 aromatic rings. The van der Waals surface area contributed by atoms with Crippen LogP contribution in [0.2, 0.25) is 0 Å². The van der Waals surface area contributed by atoms with Crippen LogP contribution in [-0.4, -0.2) is 93.0 Å². The molecule has 0 bridgehead atoms. The number of rotatable bonds is 7. The number of aliphatic hydroxyl groups excluding tert-OH is 1. The molecule has 6 atom stereocenters. The molecule has 6 unspecified atom stereocenters. The number of ether oxygens (including phenoxy) is 3. The van der Waals surface area contributed by atoms with Crippen LogP contribution < -0.4 is 4.74 Å². The molecule has 2 aliphatic carbocycles. The Morgan fingerprint density at radius 1 is 1.10 bits per heavy atom. The number of Topliss-reactive ketones (excluding diaryl/α,β-unsaturated/α-hetero) is 1. The standard InChI is InChI=1S/C31H37NO10/c1-6-32(7-2)18-11-21(41-14(3)26(18)34)42-20-13-31(39,15(4)33)12-17-23(20)30(38)25-24(28(17)36)27(35)16-9-8-10-19(40-5)22(16)29(25)37/h8-10,14,18,20-21,26,34,36,38-39H,6-7,11-13H2,1-5H3. The van der Waals surface area contributed by atoms with Crippen molar-refractivity contribution in [1.82, 2.24) is 4.90 Å². The number of hydrogen-bond donors (Lipinski definition) is 4. The second-order valence-corrected chi connectivity index (χ2v) is 11.3. The fourth-order valence-electron chi connectivity index (χ4n) is 6.66. The average molecular weight is 584 g/mol. The smallest absolute Gasteiger partial charge is 0.202 e. The highest BCUT2D eigenvalue weighted by molar-refractivity contribution is 6.31. The molecule has 1 aliphatic heterocycles. The van der Waals surface area contributed by atoms with Gasteiger partial charge in [-0.2, -0.15) is 0 Å². The Bertz CT molecular complexity index is 1450. The van der Waals surface area contributed by atoms with Gasteiger partial charge in [-0.15, -0.1) is 0 Å². The highest BCUT2D eigenvalue weighted by Crippen LogP contribution is 2.52. The van der Waals surface area contributed by atoms with Gasteiger partial charge in [0, 0.05) is 42.0 Å². The lowest BCUT2D eigenvalue weighted by molar-refractivity contribution is -0.258. The van der Waals surface area contributed by atoms with Gasteiger partial charge in [-0.25, -0.2) is 0 Å². The quantitative estimate of drug-likeness (QED) is 0.302. The number of nitrogens with zero attached hydrogens (tertiary/aromatic N) is 1. The molecular weight excluding hydrogens is 546 g/mol. The molecule has 226 valence electrons. The Labute approximate surface area is 243 Å². The lowest BCUT2D eigenvalue weighted by Crippen LogP contribution is -2.55. The summed E-state index contributed by atoms with van der Waals surface area (Å²) < 4.78 is 17.6. The van der Waals surface area contributed by atoms with Gasteiger partial charge in [-0.3, -0.25) is 19.3 Å². The van der Waals surface area contributed by atoms with Crippen molar-refractivity contribution in [2.24, 2.45) is 0 Å². The van der Waals surface area contributed by atoms with Crippen LogP contribution in [0.25, 0.3) is 0 Å². The van der Waals surface area contributed by atoms with Crippen LogP contribution in [0.1, 0.15) is 89.6 Å². The number of methoxy groups -OCH3 is 1. The van der Waals surface area contributed by atoms with E-state index in [2.05, 4.69) is 4.90 Å². The molecule has 2 aromatic carbocycles.